The number of nitrogens with one attached hydrogen (secondary N) is 1. The first-order chi connectivity index (χ1) is 8.75. The molecule has 5 nitrogen and oxygen atoms in total. The van der Waals surface area contributed by atoms with E-state index in [0.717, 1.165) is 31.6 Å². The Balaban J connectivity index is 1.83. The van der Waals surface area contributed by atoms with Gasteiger partial charge in [-0.3, -0.25) is 5.10 Å². The van der Waals surface area contributed by atoms with Gasteiger partial charge < -0.3 is 10.3 Å². The summed E-state index contributed by atoms with van der Waals surface area (Å²) in [5, 5.41) is 6.79. The lowest BCUT2D eigenvalue weighted by atomic mass is 9.93. The second kappa shape index (κ2) is 4.57. The summed E-state index contributed by atoms with van der Waals surface area (Å²) in [5.41, 5.74) is 10.2. The zero-order chi connectivity index (χ0) is 12.5. The van der Waals surface area contributed by atoms with E-state index in [1.54, 1.807) is 6.33 Å². The van der Waals surface area contributed by atoms with Gasteiger partial charge in [0.2, 0.25) is 0 Å². The molecule has 3 rings (SSSR count). The van der Waals surface area contributed by atoms with Crippen molar-refractivity contribution in [3.63, 3.8) is 0 Å². The molecule has 1 unspecified atom stereocenters. The van der Waals surface area contributed by atoms with Crippen LogP contribution in [0, 0.1) is 6.92 Å². The van der Waals surface area contributed by atoms with E-state index in [9.17, 15) is 0 Å². The largest absolute Gasteiger partial charge is 0.348 e. The number of nitrogens with zero attached hydrogens (tertiary/aromatic N) is 3. The number of aryl methyl sites for hydroxylation is 2. The van der Waals surface area contributed by atoms with Gasteiger partial charge in [0.15, 0.2) is 0 Å². The number of hydrogen-bond donors (Lipinski definition) is 2. The fourth-order valence-corrected chi connectivity index (χ4v) is 2.88. The van der Waals surface area contributed by atoms with Gasteiger partial charge in [-0.2, -0.15) is 5.10 Å². The van der Waals surface area contributed by atoms with E-state index in [4.69, 9.17) is 5.73 Å². The van der Waals surface area contributed by atoms with E-state index < -0.39 is 0 Å². The molecule has 1 aliphatic rings. The van der Waals surface area contributed by atoms with Crippen LogP contribution in [0.3, 0.4) is 0 Å². The molecule has 2 aromatic heterocycles. The van der Waals surface area contributed by atoms with Crippen molar-refractivity contribution in [2.75, 3.05) is 0 Å². The van der Waals surface area contributed by atoms with Gasteiger partial charge in [-0.15, -0.1) is 0 Å². The summed E-state index contributed by atoms with van der Waals surface area (Å²) in [6.45, 7) is 3.11. The number of aromatic nitrogens is 4. The molecular formula is C13H19N5. The summed E-state index contributed by atoms with van der Waals surface area (Å²) in [6, 6.07) is 2.47. The van der Waals surface area contributed by atoms with E-state index in [2.05, 4.69) is 32.7 Å². The number of H-pyrrole nitrogens is 1. The molecule has 18 heavy (non-hydrogen) atoms. The van der Waals surface area contributed by atoms with Gasteiger partial charge in [-0.25, -0.2) is 4.98 Å². The predicted octanol–water partition coefficient (Wildman–Crippen LogP) is 1.49. The van der Waals surface area contributed by atoms with Crippen LogP contribution in [0.5, 0.6) is 0 Å². The Bertz CT molecular complexity index is 526. The summed E-state index contributed by atoms with van der Waals surface area (Å²) in [4.78, 5) is 4.17. The minimum absolute atomic E-state index is 0.221. The predicted molar refractivity (Wildman–Crippen MR) is 69.1 cm³/mol. The Morgan fingerprint density at radius 1 is 1.56 bits per heavy atom. The van der Waals surface area contributed by atoms with Crippen LogP contribution in [0.15, 0.2) is 12.4 Å². The normalized spacial score (nSPS) is 18.9. The first kappa shape index (κ1) is 11.5. The van der Waals surface area contributed by atoms with Crippen molar-refractivity contribution in [3.8, 4) is 0 Å². The van der Waals surface area contributed by atoms with E-state index in [1.807, 2.05) is 0 Å². The van der Waals surface area contributed by atoms with E-state index in [0.29, 0.717) is 0 Å². The smallest absolute Gasteiger partial charge is 0.137 e. The number of rotatable bonds is 3. The fraction of sp³-hybridized carbons (Fsp3) is 0.538. The van der Waals surface area contributed by atoms with Crippen LogP contribution >= 0.6 is 0 Å². The van der Waals surface area contributed by atoms with Crippen molar-refractivity contribution in [1.29, 1.82) is 0 Å². The quantitative estimate of drug-likeness (QED) is 0.860. The van der Waals surface area contributed by atoms with Crippen molar-refractivity contribution in [3.05, 3.63) is 35.2 Å². The van der Waals surface area contributed by atoms with Gasteiger partial charge in [-0.1, -0.05) is 0 Å². The monoisotopic (exact) mass is 245 g/mol. The number of hydrogen-bond acceptors (Lipinski definition) is 3. The van der Waals surface area contributed by atoms with Crippen molar-refractivity contribution < 1.29 is 0 Å². The van der Waals surface area contributed by atoms with E-state index in [-0.39, 0.29) is 6.04 Å². The Morgan fingerprint density at radius 3 is 3.22 bits per heavy atom. The standard InChI is InChI=1S/C13H19N5/c1-9-7-10-11(14)3-2-4-12(10)18(9)6-5-13-15-8-16-17-13/h7-8,11H,2-6,14H2,1H3,(H,15,16,17). The van der Waals surface area contributed by atoms with E-state index in [1.165, 1.54) is 23.4 Å². The molecular weight excluding hydrogens is 226 g/mol. The summed E-state index contributed by atoms with van der Waals surface area (Å²) in [7, 11) is 0. The fourth-order valence-electron chi connectivity index (χ4n) is 2.88. The Labute approximate surface area is 106 Å². The van der Waals surface area contributed by atoms with E-state index >= 15 is 0 Å². The Kier molecular flexibility index (Phi) is 2.91. The second-order valence-corrected chi connectivity index (χ2v) is 5.02. The molecule has 0 bridgehead atoms. The molecule has 3 N–H and O–H groups in total. The zero-order valence-corrected chi connectivity index (χ0v) is 10.7. The molecule has 0 fully saturated rings. The van der Waals surface area contributed by atoms with Crippen molar-refractivity contribution in [1.82, 2.24) is 19.7 Å². The van der Waals surface area contributed by atoms with Crippen LogP contribution in [0.4, 0.5) is 0 Å². The van der Waals surface area contributed by atoms with Gasteiger partial charge in [0, 0.05) is 30.4 Å². The first-order valence-electron chi connectivity index (χ1n) is 6.54. The average Bonchev–Trinajstić information content (AvgIpc) is 2.95. The molecule has 1 atom stereocenters. The molecule has 2 heterocycles. The molecule has 0 saturated carbocycles. The highest BCUT2D eigenvalue weighted by atomic mass is 15.2. The molecule has 5 heteroatoms. The van der Waals surface area contributed by atoms with Gasteiger partial charge in [0.25, 0.3) is 0 Å². The number of fused-ring (bicyclic) bond motifs is 1. The lowest BCUT2D eigenvalue weighted by Gasteiger charge is -2.21. The van der Waals surface area contributed by atoms with Crippen LogP contribution in [-0.4, -0.2) is 19.7 Å². The highest BCUT2D eigenvalue weighted by molar-refractivity contribution is 5.32. The highest BCUT2D eigenvalue weighted by Gasteiger charge is 2.21. The van der Waals surface area contributed by atoms with Crippen LogP contribution in [0.25, 0.3) is 0 Å². The maximum Gasteiger partial charge on any atom is 0.137 e. The third-order valence-electron chi connectivity index (χ3n) is 3.81. The maximum atomic E-state index is 6.18. The summed E-state index contributed by atoms with van der Waals surface area (Å²) >= 11 is 0. The topological polar surface area (TPSA) is 72.5 Å². The van der Waals surface area contributed by atoms with Crippen molar-refractivity contribution >= 4 is 0 Å². The van der Waals surface area contributed by atoms with Crippen LogP contribution in [-0.2, 0) is 19.4 Å². The van der Waals surface area contributed by atoms with Gasteiger partial charge in [0.1, 0.15) is 12.2 Å². The Hall–Kier alpha value is -1.62. The van der Waals surface area contributed by atoms with Gasteiger partial charge in [-0.05, 0) is 37.8 Å². The molecule has 0 amide bonds. The molecule has 0 aromatic carbocycles. The molecule has 0 saturated heterocycles. The summed E-state index contributed by atoms with van der Waals surface area (Å²) in [6.07, 6.45) is 5.90. The molecule has 96 valence electrons. The molecule has 1 aliphatic carbocycles. The number of aromatic amines is 1. The lowest BCUT2D eigenvalue weighted by molar-refractivity contribution is 0.534. The Morgan fingerprint density at radius 2 is 2.44 bits per heavy atom. The van der Waals surface area contributed by atoms with Gasteiger partial charge >= 0.3 is 0 Å². The highest BCUT2D eigenvalue weighted by Crippen LogP contribution is 2.30. The third-order valence-corrected chi connectivity index (χ3v) is 3.81. The van der Waals surface area contributed by atoms with Crippen LogP contribution in [0.1, 0.15) is 41.7 Å². The second-order valence-electron chi connectivity index (χ2n) is 5.02. The van der Waals surface area contributed by atoms with Crippen molar-refractivity contribution in [2.45, 2.75) is 45.2 Å². The minimum atomic E-state index is 0.221. The average molecular weight is 245 g/mol. The van der Waals surface area contributed by atoms with Crippen molar-refractivity contribution in [2.24, 2.45) is 5.73 Å². The maximum absolute atomic E-state index is 6.18. The third kappa shape index (κ3) is 1.95. The SMILES string of the molecule is Cc1cc2c(n1CCc1ncn[nH]1)CCCC2N. The minimum Gasteiger partial charge on any atom is -0.348 e. The molecule has 0 spiro atoms. The lowest BCUT2D eigenvalue weighted by Crippen LogP contribution is -2.18. The molecule has 2 aromatic rings. The molecule has 0 aliphatic heterocycles. The first-order valence-corrected chi connectivity index (χ1v) is 6.54. The summed E-state index contributed by atoms with van der Waals surface area (Å²) < 4.78 is 2.39. The molecule has 0 radical (unpaired) electrons. The number of nitrogens with two attached hydrogens (primary N) is 1. The summed E-state index contributed by atoms with van der Waals surface area (Å²) in [5.74, 6) is 0.942. The van der Waals surface area contributed by atoms with Gasteiger partial charge in [0.05, 0.1) is 0 Å². The van der Waals surface area contributed by atoms with Crippen LogP contribution in [0.2, 0.25) is 0 Å². The zero-order valence-electron chi connectivity index (χ0n) is 10.7. The van der Waals surface area contributed by atoms with Crippen LogP contribution < -0.4 is 5.73 Å².